The van der Waals surface area contributed by atoms with Crippen LogP contribution in [0, 0.1) is 0 Å². The molecule has 0 aliphatic heterocycles. The van der Waals surface area contributed by atoms with Crippen LogP contribution < -0.4 is 0 Å². The molecule has 1 atom stereocenters. The highest BCUT2D eigenvalue weighted by Gasteiger charge is 2.17. The normalized spacial score (nSPS) is 12.0. The van der Waals surface area contributed by atoms with Crippen LogP contribution in [0.4, 0.5) is 0 Å². The van der Waals surface area contributed by atoms with E-state index in [0.29, 0.717) is 11.1 Å². The molecule has 0 N–H and O–H groups in total. The lowest BCUT2D eigenvalue weighted by Gasteiger charge is -2.10. The monoisotopic (exact) mass is 288 g/mol. The van der Waals surface area contributed by atoms with Crippen molar-refractivity contribution in [3.05, 3.63) is 34.9 Å². The number of rotatable bonds is 5. The van der Waals surface area contributed by atoms with Gasteiger partial charge in [-0.2, -0.15) is 0 Å². The van der Waals surface area contributed by atoms with Crippen LogP contribution >= 0.6 is 23.2 Å². The largest absolute Gasteiger partial charge is 0.462 e. The molecule has 5 heteroatoms. The molecular weight excluding hydrogens is 275 g/mol. The zero-order valence-corrected chi connectivity index (χ0v) is 11.7. The number of ketones is 1. The smallest absolute Gasteiger partial charge is 0.338 e. The molecule has 0 radical (unpaired) electrons. The molecule has 98 valence electrons. The molecule has 0 fully saturated rings. The number of halogens is 2. The van der Waals surface area contributed by atoms with Crippen LogP contribution in [0.25, 0.3) is 0 Å². The van der Waals surface area contributed by atoms with E-state index in [4.69, 9.17) is 27.9 Å². The second-order valence-electron chi connectivity index (χ2n) is 3.79. The average Bonchev–Trinajstić information content (AvgIpc) is 2.37. The molecule has 0 spiro atoms. The number of alkyl halides is 2. The van der Waals surface area contributed by atoms with Crippen molar-refractivity contribution in [1.82, 2.24) is 0 Å². The fraction of sp³-hybridized carbons (Fsp3) is 0.385. The summed E-state index contributed by atoms with van der Waals surface area (Å²) in [7, 11) is 0. The Morgan fingerprint density at radius 2 is 2.00 bits per heavy atom. The third-order valence-electron chi connectivity index (χ3n) is 2.33. The second-order valence-corrected chi connectivity index (χ2v) is 4.49. The van der Waals surface area contributed by atoms with Crippen molar-refractivity contribution in [2.45, 2.75) is 25.1 Å². The summed E-state index contributed by atoms with van der Waals surface area (Å²) in [5.41, 5.74) is 1.64. The van der Waals surface area contributed by atoms with Crippen molar-refractivity contribution >= 4 is 35.0 Å². The van der Waals surface area contributed by atoms with E-state index in [1.807, 2.05) is 0 Å². The van der Waals surface area contributed by atoms with Gasteiger partial charge in [0.15, 0.2) is 5.78 Å². The Labute approximate surface area is 116 Å². The summed E-state index contributed by atoms with van der Waals surface area (Å²) < 4.78 is 4.91. The van der Waals surface area contributed by atoms with Crippen LogP contribution in [0.15, 0.2) is 18.2 Å². The lowest BCUT2D eigenvalue weighted by Crippen LogP contribution is -2.08. The maximum Gasteiger partial charge on any atom is 0.338 e. The summed E-state index contributed by atoms with van der Waals surface area (Å²) >= 11 is 11.7. The SMILES string of the molecule is CCOC(=O)c1cc(CCl)cc(C(Cl)C(C)=O)c1. The van der Waals surface area contributed by atoms with Gasteiger partial charge in [0, 0.05) is 5.88 Å². The van der Waals surface area contributed by atoms with Gasteiger partial charge in [0.1, 0.15) is 5.38 Å². The molecule has 0 saturated carbocycles. The van der Waals surface area contributed by atoms with Crippen LogP contribution in [0.2, 0.25) is 0 Å². The maximum atomic E-state index is 11.7. The summed E-state index contributed by atoms with van der Waals surface area (Å²) in [4.78, 5) is 22.9. The van der Waals surface area contributed by atoms with Gasteiger partial charge >= 0.3 is 5.97 Å². The minimum Gasteiger partial charge on any atom is -0.462 e. The minimum atomic E-state index is -0.777. The molecule has 0 amide bonds. The summed E-state index contributed by atoms with van der Waals surface area (Å²) in [5, 5.41) is -0.777. The average molecular weight is 289 g/mol. The Kier molecular flexibility index (Phi) is 5.63. The third-order valence-corrected chi connectivity index (χ3v) is 3.20. The summed E-state index contributed by atoms with van der Waals surface area (Å²) in [6.07, 6.45) is 0. The fourth-order valence-corrected chi connectivity index (χ4v) is 1.79. The number of esters is 1. The molecule has 0 saturated heterocycles. The molecule has 3 nitrogen and oxygen atoms in total. The highest BCUT2D eigenvalue weighted by molar-refractivity contribution is 6.30. The first-order valence-corrected chi connectivity index (χ1v) is 6.48. The first-order chi connectivity index (χ1) is 8.49. The fourth-order valence-electron chi connectivity index (χ4n) is 1.51. The zero-order chi connectivity index (χ0) is 13.7. The van der Waals surface area contributed by atoms with Gasteiger partial charge in [-0.05, 0) is 37.1 Å². The minimum absolute atomic E-state index is 0.182. The molecule has 1 aromatic rings. The van der Waals surface area contributed by atoms with Crippen LogP contribution in [-0.4, -0.2) is 18.4 Å². The first kappa shape index (κ1) is 15.0. The van der Waals surface area contributed by atoms with E-state index in [1.54, 1.807) is 25.1 Å². The van der Waals surface area contributed by atoms with E-state index in [0.717, 1.165) is 5.56 Å². The second kappa shape index (κ2) is 6.76. The standard InChI is InChI=1S/C13H14Cl2O3/c1-3-18-13(17)11-5-9(7-14)4-10(6-11)12(15)8(2)16/h4-6,12H,3,7H2,1-2H3. The molecule has 0 aromatic heterocycles. The van der Waals surface area contributed by atoms with Crippen LogP contribution in [-0.2, 0) is 15.4 Å². The number of carbonyl (C=O) groups excluding carboxylic acids is 2. The number of Topliss-reactive ketones (excluding diaryl/α,β-unsaturated/α-hetero) is 1. The Hall–Kier alpha value is -1.06. The van der Waals surface area contributed by atoms with Gasteiger partial charge in [0.25, 0.3) is 0 Å². The van der Waals surface area contributed by atoms with Gasteiger partial charge in [-0.3, -0.25) is 4.79 Å². The van der Waals surface area contributed by atoms with Crippen molar-refractivity contribution in [3.63, 3.8) is 0 Å². The molecule has 1 unspecified atom stereocenters. The molecule has 0 bridgehead atoms. The lowest BCUT2D eigenvalue weighted by molar-refractivity contribution is -0.116. The van der Waals surface area contributed by atoms with Gasteiger partial charge in [0.2, 0.25) is 0 Å². The predicted molar refractivity (Wildman–Crippen MR) is 71.2 cm³/mol. The van der Waals surface area contributed by atoms with Crippen molar-refractivity contribution in [2.75, 3.05) is 6.61 Å². The predicted octanol–water partition coefficient (Wildman–Crippen LogP) is 3.47. The summed E-state index contributed by atoms with van der Waals surface area (Å²) in [6.45, 7) is 3.41. The van der Waals surface area contributed by atoms with Gasteiger partial charge in [0.05, 0.1) is 12.2 Å². The Balaban J connectivity index is 3.16. The number of benzene rings is 1. The van der Waals surface area contributed by atoms with Gasteiger partial charge in [-0.25, -0.2) is 4.79 Å². The van der Waals surface area contributed by atoms with Crippen LogP contribution in [0.5, 0.6) is 0 Å². The number of carbonyl (C=O) groups is 2. The summed E-state index contributed by atoms with van der Waals surface area (Å²) in [6, 6.07) is 4.92. The quantitative estimate of drug-likeness (QED) is 0.615. The van der Waals surface area contributed by atoms with Crippen molar-refractivity contribution in [1.29, 1.82) is 0 Å². The number of hydrogen-bond acceptors (Lipinski definition) is 3. The van der Waals surface area contributed by atoms with Gasteiger partial charge in [-0.1, -0.05) is 6.07 Å². The van der Waals surface area contributed by atoms with Crippen molar-refractivity contribution in [3.8, 4) is 0 Å². The molecule has 18 heavy (non-hydrogen) atoms. The van der Waals surface area contributed by atoms with Crippen LogP contribution in [0.1, 0.15) is 40.7 Å². The number of hydrogen-bond donors (Lipinski definition) is 0. The molecular formula is C13H14Cl2O3. The number of ether oxygens (including phenoxy) is 1. The first-order valence-electron chi connectivity index (χ1n) is 5.51. The molecule has 0 aliphatic rings. The molecule has 0 heterocycles. The van der Waals surface area contributed by atoms with E-state index in [2.05, 4.69) is 0 Å². The van der Waals surface area contributed by atoms with Gasteiger partial charge < -0.3 is 4.74 Å². The van der Waals surface area contributed by atoms with E-state index < -0.39 is 11.3 Å². The van der Waals surface area contributed by atoms with E-state index in [9.17, 15) is 9.59 Å². The molecule has 1 aromatic carbocycles. The van der Waals surface area contributed by atoms with E-state index in [-0.39, 0.29) is 18.3 Å². The zero-order valence-electron chi connectivity index (χ0n) is 10.2. The van der Waals surface area contributed by atoms with Gasteiger partial charge in [-0.15, -0.1) is 23.2 Å². The molecule has 0 aliphatic carbocycles. The Morgan fingerprint density at radius 1 is 1.33 bits per heavy atom. The van der Waals surface area contributed by atoms with E-state index >= 15 is 0 Å². The Bertz CT molecular complexity index is 458. The van der Waals surface area contributed by atoms with Crippen LogP contribution in [0.3, 0.4) is 0 Å². The summed E-state index contributed by atoms with van der Waals surface area (Å²) in [5.74, 6) is -0.391. The van der Waals surface area contributed by atoms with E-state index in [1.165, 1.54) is 6.92 Å². The Morgan fingerprint density at radius 3 is 2.50 bits per heavy atom. The van der Waals surface area contributed by atoms with Crippen molar-refractivity contribution in [2.24, 2.45) is 0 Å². The topological polar surface area (TPSA) is 43.4 Å². The maximum absolute atomic E-state index is 11.7. The van der Waals surface area contributed by atoms with Crippen molar-refractivity contribution < 1.29 is 14.3 Å². The lowest BCUT2D eigenvalue weighted by atomic mass is 10.0. The molecule has 1 rings (SSSR count). The highest BCUT2D eigenvalue weighted by atomic mass is 35.5. The highest BCUT2D eigenvalue weighted by Crippen LogP contribution is 2.25. The third kappa shape index (κ3) is 3.72.